The van der Waals surface area contributed by atoms with Gasteiger partial charge in [-0.05, 0) is 42.7 Å². The number of nitro benzene ring substituents is 1. The normalized spacial score (nSPS) is 15.8. The molecular formula is C20H22N2O6S. The molecule has 0 radical (unpaired) electrons. The van der Waals surface area contributed by atoms with Gasteiger partial charge >= 0.3 is 0 Å². The zero-order chi connectivity index (χ0) is 21.0. The number of sulfonamides is 1. The first-order valence-electron chi connectivity index (χ1n) is 9.19. The van der Waals surface area contributed by atoms with Gasteiger partial charge in [0.15, 0.2) is 5.78 Å². The number of nitro groups is 1. The van der Waals surface area contributed by atoms with Gasteiger partial charge in [-0.2, -0.15) is 0 Å². The van der Waals surface area contributed by atoms with E-state index in [-0.39, 0.29) is 36.2 Å². The summed E-state index contributed by atoms with van der Waals surface area (Å²) in [5.74, 6) is 0.255. The zero-order valence-corrected chi connectivity index (χ0v) is 16.8. The molecule has 154 valence electrons. The van der Waals surface area contributed by atoms with Gasteiger partial charge in [-0.1, -0.05) is 12.1 Å². The van der Waals surface area contributed by atoms with Crippen LogP contribution in [0.5, 0.6) is 5.75 Å². The number of hydrogen-bond acceptors (Lipinski definition) is 6. The first-order valence-corrected chi connectivity index (χ1v) is 10.8. The van der Waals surface area contributed by atoms with Crippen molar-refractivity contribution in [1.29, 1.82) is 0 Å². The van der Waals surface area contributed by atoms with E-state index in [1.165, 1.54) is 28.6 Å². The molecule has 2 aromatic rings. The van der Waals surface area contributed by atoms with Crippen LogP contribution < -0.4 is 4.74 Å². The Morgan fingerprint density at radius 2 is 1.69 bits per heavy atom. The number of rotatable bonds is 7. The van der Waals surface area contributed by atoms with Crippen LogP contribution in [0.4, 0.5) is 5.69 Å². The molecular weight excluding hydrogens is 396 g/mol. The van der Waals surface area contributed by atoms with Crippen molar-refractivity contribution in [3.63, 3.8) is 0 Å². The van der Waals surface area contributed by atoms with Crippen LogP contribution in [0.15, 0.2) is 48.5 Å². The van der Waals surface area contributed by atoms with E-state index < -0.39 is 14.9 Å². The number of Topliss-reactive ketones (excluding diaryl/α,β-unsaturated/α-hetero) is 1. The molecule has 2 aromatic carbocycles. The van der Waals surface area contributed by atoms with Crippen molar-refractivity contribution in [2.75, 3.05) is 20.2 Å². The number of hydrogen-bond donors (Lipinski definition) is 0. The number of piperidine rings is 1. The second-order valence-corrected chi connectivity index (χ2v) is 8.91. The van der Waals surface area contributed by atoms with Gasteiger partial charge in [0.2, 0.25) is 10.0 Å². The third-order valence-electron chi connectivity index (χ3n) is 5.09. The molecule has 3 rings (SSSR count). The number of carbonyl (C=O) groups is 1. The van der Waals surface area contributed by atoms with E-state index in [0.717, 1.165) is 0 Å². The summed E-state index contributed by atoms with van der Waals surface area (Å²) >= 11 is 0. The number of ketones is 1. The van der Waals surface area contributed by atoms with Crippen molar-refractivity contribution >= 4 is 21.5 Å². The van der Waals surface area contributed by atoms with E-state index >= 15 is 0 Å². The summed E-state index contributed by atoms with van der Waals surface area (Å²) in [6.45, 7) is 0.559. The second kappa shape index (κ2) is 8.71. The van der Waals surface area contributed by atoms with E-state index in [0.29, 0.717) is 29.7 Å². The minimum absolute atomic E-state index is 0.0140. The number of benzene rings is 2. The van der Waals surface area contributed by atoms with Gasteiger partial charge in [0.1, 0.15) is 5.75 Å². The van der Waals surface area contributed by atoms with Crippen molar-refractivity contribution in [1.82, 2.24) is 4.31 Å². The summed E-state index contributed by atoms with van der Waals surface area (Å²) in [5, 5.41) is 10.7. The average molecular weight is 418 g/mol. The van der Waals surface area contributed by atoms with E-state index in [9.17, 15) is 23.3 Å². The predicted octanol–water partition coefficient (Wildman–Crippen LogP) is 3.03. The molecule has 1 saturated heterocycles. The second-order valence-electron chi connectivity index (χ2n) is 6.95. The van der Waals surface area contributed by atoms with Crippen molar-refractivity contribution in [2.24, 2.45) is 5.92 Å². The standard InChI is InChI=1S/C20H22N2O6S/c1-28-19-8-4-16(5-9-19)20(23)17-10-12-21(13-11-17)29(26,27)14-15-2-6-18(7-3-15)22(24)25/h2-9,17H,10-14H2,1H3. The predicted molar refractivity (Wildman–Crippen MR) is 107 cm³/mol. The van der Waals surface area contributed by atoms with Gasteiger partial charge in [0.05, 0.1) is 17.8 Å². The maximum absolute atomic E-state index is 12.7. The largest absolute Gasteiger partial charge is 0.497 e. The van der Waals surface area contributed by atoms with E-state index in [4.69, 9.17) is 4.74 Å². The smallest absolute Gasteiger partial charge is 0.269 e. The molecule has 0 amide bonds. The minimum Gasteiger partial charge on any atom is -0.497 e. The fraction of sp³-hybridized carbons (Fsp3) is 0.350. The molecule has 9 heteroatoms. The quantitative estimate of drug-likeness (QED) is 0.389. The molecule has 1 aliphatic rings. The summed E-state index contributed by atoms with van der Waals surface area (Å²) in [6, 6.07) is 12.4. The average Bonchev–Trinajstić information content (AvgIpc) is 2.73. The van der Waals surface area contributed by atoms with Crippen LogP contribution in [0.1, 0.15) is 28.8 Å². The summed E-state index contributed by atoms with van der Waals surface area (Å²) in [5.41, 5.74) is 1.01. The number of methoxy groups -OCH3 is 1. The molecule has 29 heavy (non-hydrogen) atoms. The van der Waals surface area contributed by atoms with Gasteiger partial charge in [0.25, 0.3) is 5.69 Å². The molecule has 0 unspecified atom stereocenters. The Morgan fingerprint density at radius 3 is 2.21 bits per heavy atom. The van der Waals surface area contributed by atoms with Crippen molar-refractivity contribution in [2.45, 2.75) is 18.6 Å². The molecule has 0 aliphatic carbocycles. The van der Waals surface area contributed by atoms with Crippen LogP contribution in [-0.4, -0.2) is 43.6 Å². The van der Waals surface area contributed by atoms with Gasteiger partial charge in [-0.15, -0.1) is 0 Å². The lowest BCUT2D eigenvalue weighted by molar-refractivity contribution is -0.384. The Labute approximate surface area is 169 Å². The molecule has 8 nitrogen and oxygen atoms in total. The highest BCUT2D eigenvalue weighted by Gasteiger charge is 2.31. The van der Waals surface area contributed by atoms with Crippen LogP contribution in [0.2, 0.25) is 0 Å². The van der Waals surface area contributed by atoms with E-state index in [1.807, 2.05) is 0 Å². The van der Waals surface area contributed by atoms with Crippen molar-refractivity contribution in [3.05, 3.63) is 69.8 Å². The van der Waals surface area contributed by atoms with Crippen LogP contribution in [0.25, 0.3) is 0 Å². The summed E-state index contributed by atoms with van der Waals surface area (Å²) in [7, 11) is -2.00. The highest BCUT2D eigenvalue weighted by atomic mass is 32.2. The highest BCUT2D eigenvalue weighted by molar-refractivity contribution is 7.88. The maximum Gasteiger partial charge on any atom is 0.269 e. The third-order valence-corrected chi connectivity index (χ3v) is 6.94. The van der Waals surface area contributed by atoms with Gasteiger partial charge in [0, 0.05) is 36.7 Å². The van der Waals surface area contributed by atoms with Crippen LogP contribution >= 0.6 is 0 Å². The minimum atomic E-state index is -3.56. The first-order chi connectivity index (χ1) is 13.8. The number of carbonyl (C=O) groups excluding carboxylic acids is 1. The van der Waals surface area contributed by atoms with Crippen molar-refractivity contribution in [3.8, 4) is 5.75 Å². The van der Waals surface area contributed by atoms with Crippen LogP contribution in [-0.2, 0) is 15.8 Å². The van der Waals surface area contributed by atoms with Crippen LogP contribution in [0, 0.1) is 16.0 Å². The lowest BCUT2D eigenvalue weighted by Gasteiger charge is -2.30. The number of nitrogens with zero attached hydrogens (tertiary/aromatic N) is 2. The van der Waals surface area contributed by atoms with Gasteiger partial charge in [-0.25, -0.2) is 12.7 Å². The maximum atomic E-state index is 12.7. The topological polar surface area (TPSA) is 107 Å². The molecule has 0 spiro atoms. The number of non-ortho nitro benzene ring substituents is 1. The number of ether oxygens (including phenoxy) is 1. The van der Waals surface area contributed by atoms with Gasteiger partial charge in [-0.3, -0.25) is 14.9 Å². The molecule has 1 heterocycles. The molecule has 0 bridgehead atoms. The van der Waals surface area contributed by atoms with Gasteiger partial charge < -0.3 is 4.74 Å². The van der Waals surface area contributed by atoms with E-state index in [1.54, 1.807) is 31.4 Å². The molecule has 0 saturated carbocycles. The Bertz CT molecular complexity index is 979. The first kappa shape index (κ1) is 20.9. The summed E-state index contributed by atoms with van der Waals surface area (Å²) < 4.78 is 31.9. The highest BCUT2D eigenvalue weighted by Crippen LogP contribution is 2.26. The summed E-state index contributed by atoms with van der Waals surface area (Å²) in [4.78, 5) is 22.9. The zero-order valence-electron chi connectivity index (χ0n) is 16.0. The molecule has 1 fully saturated rings. The molecule has 1 aliphatic heterocycles. The Morgan fingerprint density at radius 1 is 1.10 bits per heavy atom. The summed E-state index contributed by atoms with van der Waals surface area (Å²) in [6.07, 6.45) is 0.925. The monoisotopic (exact) mass is 418 g/mol. The molecule has 0 aromatic heterocycles. The fourth-order valence-corrected chi connectivity index (χ4v) is 4.97. The SMILES string of the molecule is COc1ccc(C(=O)C2CCN(S(=O)(=O)Cc3ccc([N+](=O)[O-])cc3)CC2)cc1. The van der Waals surface area contributed by atoms with E-state index in [2.05, 4.69) is 0 Å². The van der Waals surface area contributed by atoms with Crippen LogP contribution in [0.3, 0.4) is 0 Å². The molecule has 0 N–H and O–H groups in total. The fourth-order valence-electron chi connectivity index (χ4n) is 3.40. The third kappa shape index (κ3) is 4.99. The Balaban J connectivity index is 1.59. The lowest BCUT2D eigenvalue weighted by atomic mass is 9.89. The lowest BCUT2D eigenvalue weighted by Crippen LogP contribution is -2.40. The Hall–Kier alpha value is -2.78. The van der Waals surface area contributed by atoms with Crippen molar-refractivity contribution < 1.29 is 22.9 Å². The Kier molecular flexibility index (Phi) is 6.29. The molecule has 0 atom stereocenters.